The molecule has 4 nitrogen and oxygen atoms in total. The molecule has 5 heteroatoms. The second kappa shape index (κ2) is 7.39. The molecule has 0 aromatic heterocycles. The average Bonchev–Trinajstić information content (AvgIpc) is 2.10. The molecule has 12 heavy (non-hydrogen) atoms. The lowest BCUT2D eigenvalue weighted by molar-refractivity contribution is -0.143. The van der Waals surface area contributed by atoms with Crippen molar-refractivity contribution in [1.82, 2.24) is 0 Å². The summed E-state index contributed by atoms with van der Waals surface area (Å²) in [6.07, 6.45) is 0. The first-order valence-electron chi connectivity index (χ1n) is 3.72. The van der Waals surface area contributed by atoms with Crippen molar-refractivity contribution >= 4 is 17.7 Å². The van der Waals surface area contributed by atoms with Gasteiger partial charge in [0.05, 0.1) is 18.5 Å². The van der Waals surface area contributed by atoms with Crippen molar-refractivity contribution in [2.24, 2.45) is 0 Å². The molecule has 0 radical (unpaired) electrons. The van der Waals surface area contributed by atoms with E-state index < -0.39 is 0 Å². The highest BCUT2D eigenvalue weighted by Crippen LogP contribution is 2.10. The largest absolute Gasteiger partial charge is 0.462 e. The van der Waals surface area contributed by atoms with E-state index in [-0.39, 0.29) is 31.0 Å². The van der Waals surface area contributed by atoms with E-state index in [2.05, 4.69) is 4.74 Å². The number of thioether (sulfide) groups is 1. The molecular weight excluding hydrogens is 180 g/mol. The topological polar surface area (TPSA) is 66.8 Å². The smallest absolute Gasteiger partial charge is 0.318 e. The van der Waals surface area contributed by atoms with Crippen LogP contribution in [0.1, 0.15) is 6.92 Å². The number of esters is 1. The molecule has 0 saturated heterocycles. The molecule has 0 fully saturated rings. The lowest BCUT2D eigenvalue weighted by Gasteiger charge is -2.08. The Labute approximate surface area is 75.9 Å². The fraction of sp³-hybridized carbons (Fsp3) is 0.857. The predicted octanol–water partition coefficient (Wildman–Crippen LogP) is -0.364. The Morgan fingerprint density at radius 2 is 2.17 bits per heavy atom. The third-order valence-electron chi connectivity index (χ3n) is 1.13. The number of hydrogen-bond donors (Lipinski definition) is 2. The molecule has 1 atom stereocenters. The highest BCUT2D eigenvalue weighted by atomic mass is 32.2. The van der Waals surface area contributed by atoms with E-state index in [0.717, 1.165) is 0 Å². The molecule has 0 rings (SSSR count). The van der Waals surface area contributed by atoms with E-state index in [1.165, 1.54) is 11.8 Å². The molecule has 0 aliphatic rings. The molecule has 0 spiro atoms. The molecule has 0 saturated carbocycles. The van der Waals surface area contributed by atoms with Crippen molar-refractivity contribution in [3.05, 3.63) is 0 Å². The Morgan fingerprint density at radius 3 is 2.67 bits per heavy atom. The maximum atomic E-state index is 11.0. The summed E-state index contributed by atoms with van der Waals surface area (Å²) in [5.74, 6) is 0.178. The average molecular weight is 194 g/mol. The minimum absolute atomic E-state index is 0.0445. The van der Waals surface area contributed by atoms with Crippen LogP contribution in [-0.2, 0) is 9.53 Å². The van der Waals surface area contributed by atoms with Gasteiger partial charge in [-0.3, -0.25) is 4.79 Å². The molecule has 2 N–H and O–H groups in total. The summed E-state index contributed by atoms with van der Waals surface area (Å²) in [6.45, 7) is 1.66. The maximum Gasteiger partial charge on any atom is 0.318 e. The number of aliphatic hydroxyl groups is 2. The predicted molar refractivity (Wildman–Crippen MR) is 47.1 cm³/mol. The Hall–Kier alpha value is -0.260. The third-order valence-corrected chi connectivity index (χ3v) is 2.24. The molecule has 0 aliphatic heterocycles. The van der Waals surface area contributed by atoms with Gasteiger partial charge < -0.3 is 14.9 Å². The fourth-order valence-corrected chi connectivity index (χ4v) is 1.22. The third kappa shape index (κ3) is 5.40. The van der Waals surface area contributed by atoms with Crippen LogP contribution in [-0.4, -0.2) is 47.0 Å². The molecule has 0 bridgehead atoms. The number of ether oxygens (including phenoxy) is 1. The SMILES string of the molecule is CC(SCCO)C(=O)OCCO. The van der Waals surface area contributed by atoms with Crippen molar-refractivity contribution in [2.45, 2.75) is 12.2 Å². The summed E-state index contributed by atoms with van der Waals surface area (Å²) in [6, 6.07) is 0. The highest BCUT2D eigenvalue weighted by molar-refractivity contribution is 8.00. The standard InChI is InChI=1S/C7H14O4S/c1-6(12-5-3-9)7(10)11-4-2-8/h6,8-9H,2-5H2,1H3. The van der Waals surface area contributed by atoms with Crippen LogP contribution in [0.4, 0.5) is 0 Å². The van der Waals surface area contributed by atoms with Gasteiger partial charge in [0, 0.05) is 5.75 Å². The minimum Gasteiger partial charge on any atom is -0.462 e. The Balaban J connectivity index is 3.47. The van der Waals surface area contributed by atoms with Gasteiger partial charge in [-0.05, 0) is 6.92 Å². The van der Waals surface area contributed by atoms with Gasteiger partial charge in [-0.1, -0.05) is 0 Å². The van der Waals surface area contributed by atoms with Crippen LogP contribution < -0.4 is 0 Å². The minimum atomic E-state index is -0.345. The second-order valence-electron chi connectivity index (χ2n) is 2.13. The first kappa shape index (κ1) is 11.7. The van der Waals surface area contributed by atoms with E-state index >= 15 is 0 Å². The zero-order chi connectivity index (χ0) is 9.40. The second-order valence-corrected chi connectivity index (χ2v) is 3.58. The number of carbonyl (C=O) groups excluding carboxylic acids is 1. The van der Waals surface area contributed by atoms with E-state index in [1.807, 2.05) is 0 Å². The Bertz CT molecular complexity index is 129. The zero-order valence-corrected chi connectivity index (χ0v) is 7.84. The van der Waals surface area contributed by atoms with Gasteiger partial charge >= 0.3 is 5.97 Å². The van der Waals surface area contributed by atoms with E-state index in [1.54, 1.807) is 6.92 Å². The quantitative estimate of drug-likeness (QED) is 0.565. The number of aliphatic hydroxyl groups excluding tert-OH is 2. The maximum absolute atomic E-state index is 11.0. The van der Waals surface area contributed by atoms with Crippen molar-refractivity contribution in [3.63, 3.8) is 0 Å². The van der Waals surface area contributed by atoms with Crippen LogP contribution in [0.2, 0.25) is 0 Å². The lowest BCUT2D eigenvalue weighted by Crippen LogP contribution is -2.19. The number of carbonyl (C=O) groups is 1. The molecule has 1 unspecified atom stereocenters. The van der Waals surface area contributed by atoms with Crippen molar-refractivity contribution < 1.29 is 19.7 Å². The molecule has 0 aromatic rings. The van der Waals surface area contributed by atoms with Crippen LogP contribution in [0.3, 0.4) is 0 Å². The number of hydrogen-bond acceptors (Lipinski definition) is 5. The van der Waals surface area contributed by atoms with E-state index in [4.69, 9.17) is 10.2 Å². The van der Waals surface area contributed by atoms with Gasteiger partial charge in [0.1, 0.15) is 6.61 Å². The van der Waals surface area contributed by atoms with E-state index in [0.29, 0.717) is 5.75 Å². The van der Waals surface area contributed by atoms with Crippen LogP contribution in [0.15, 0.2) is 0 Å². The van der Waals surface area contributed by atoms with Gasteiger partial charge in [-0.2, -0.15) is 0 Å². The highest BCUT2D eigenvalue weighted by Gasteiger charge is 2.13. The summed E-state index contributed by atoms with van der Waals surface area (Å²) < 4.78 is 4.66. The molecule has 0 aromatic carbocycles. The van der Waals surface area contributed by atoms with Crippen molar-refractivity contribution in [2.75, 3.05) is 25.6 Å². The Kier molecular flexibility index (Phi) is 7.23. The fourth-order valence-electron chi connectivity index (χ4n) is 0.561. The number of rotatable bonds is 6. The molecular formula is C7H14O4S. The lowest BCUT2D eigenvalue weighted by atomic mass is 10.5. The monoisotopic (exact) mass is 194 g/mol. The van der Waals surface area contributed by atoms with Gasteiger partial charge in [0.25, 0.3) is 0 Å². The van der Waals surface area contributed by atoms with Crippen LogP contribution >= 0.6 is 11.8 Å². The van der Waals surface area contributed by atoms with Crippen molar-refractivity contribution in [1.29, 1.82) is 0 Å². The van der Waals surface area contributed by atoms with Crippen LogP contribution in [0, 0.1) is 0 Å². The first-order chi connectivity index (χ1) is 5.72. The summed E-state index contributed by atoms with van der Waals surface area (Å²) in [5.41, 5.74) is 0. The molecule has 0 heterocycles. The van der Waals surface area contributed by atoms with Crippen LogP contribution in [0.25, 0.3) is 0 Å². The van der Waals surface area contributed by atoms with Crippen LogP contribution in [0.5, 0.6) is 0 Å². The zero-order valence-electron chi connectivity index (χ0n) is 7.02. The van der Waals surface area contributed by atoms with Crippen molar-refractivity contribution in [3.8, 4) is 0 Å². The summed E-state index contributed by atoms with van der Waals surface area (Å²) in [4.78, 5) is 11.0. The normalized spacial score (nSPS) is 12.6. The summed E-state index contributed by atoms with van der Waals surface area (Å²) >= 11 is 1.33. The first-order valence-corrected chi connectivity index (χ1v) is 4.77. The molecule has 0 amide bonds. The Morgan fingerprint density at radius 1 is 1.50 bits per heavy atom. The van der Waals surface area contributed by atoms with E-state index in [9.17, 15) is 4.79 Å². The van der Waals surface area contributed by atoms with Gasteiger partial charge in [0.2, 0.25) is 0 Å². The van der Waals surface area contributed by atoms with Gasteiger partial charge in [-0.15, -0.1) is 11.8 Å². The van der Waals surface area contributed by atoms with Gasteiger partial charge in [-0.25, -0.2) is 0 Å². The molecule has 0 aliphatic carbocycles. The van der Waals surface area contributed by atoms with Gasteiger partial charge in [0.15, 0.2) is 0 Å². The summed E-state index contributed by atoms with van der Waals surface area (Å²) in [5, 5.41) is 16.5. The summed E-state index contributed by atoms with van der Waals surface area (Å²) in [7, 11) is 0. The molecule has 72 valence electrons.